The molecule has 8 atom stereocenters. The highest BCUT2D eigenvalue weighted by Gasteiger charge is 2.66. The second-order valence-electron chi connectivity index (χ2n) is 15.0. The second-order valence-corrected chi connectivity index (χ2v) is 15.0. The number of rotatable bonds is 3. The first-order chi connectivity index (χ1) is 17.7. The van der Waals surface area contributed by atoms with Crippen molar-refractivity contribution in [3.05, 3.63) is 41.5 Å². The zero-order valence-corrected chi connectivity index (χ0v) is 25.1. The summed E-state index contributed by atoms with van der Waals surface area (Å²) in [5, 5.41) is 22.8. The third-order valence-corrected chi connectivity index (χ3v) is 11.4. The van der Waals surface area contributed by atoms with E-state index in [0.717, 1.165) is 44.9 Å². The lowest BCUT2D eigenvalue weighted by atomic mass is 9.43. The van der Waals surface area contributed by atoms with E-state index in [-0.39, 0.29) is 22.3 Å². The lowest BCUT2D eigenvalue weighted by Crippen LogP contribution is -2.57. The molecule has 0 bridgehead atoms. The Morgan fingerprint density at radius 3 is 2.34 bits per heavy atom. The summed E-state index contributed by atoms with van der Waals surface area (Å²) in [6.07, 6.45) is 8.88. The van der Waals surface area contributed by atoms with Gasteiger partial charge in [-0.3, -0.25) is 0 Å². The van der Waals surface area contributed by atoms with Gasteiger partial charge in [0.1, 0.15) is 5.60 Å². The van der Waals surface area contributed by atoms with Gasteiger partial charge in [0.05, 0.1) is 6.10 Å². The quantitative estimate of drug-likeness (QED) is 0.326. The Labute approximate surface area is 232 Å². The number of nitrogens with zero attached hydrogens (tertiary/aromatic N) is 1. The number of benzene rings is 1. The molecule has 0 saturated heterocycles. The molecule has 1 aromatic carbocycles. The van der Waals surface area contributed by atoms with E-state index in [4.69, 9.17) is 0 Å². The summed E-state index contributed by atoms with van der Waals surface area (Å²) < 4.78 is 0. The van der Waals surface area contributed by atoms with E-state index in [1.807, 2.05) is 0 Å². The Kier molecular flexibility index (Phi) is 6.89. The van der Waals surface area contributed by atoms with Crippen LogP contribution in [0.5, 0.6) is 0 Å². The highest BCUT2D eigenvalue weighted by Crippen LogP contribution is 2.70. The molecular formula is C35H51NO2. The number of hydrogen-bond acceptors (Lipinski definition) is 3. The summed E-state index contributed by atoms with van der Waals surface area (Å²) in [7, 11) is 2.17. The van der Waals surface area contributed by atoms with Gasteiger partial charge in [0.15, 0.2) is 0 Å². The van der Waals surface area contributed by atoms with Gasteiger partial charge in [0, 0.05) is 29.6 Å². The maximum absolute atomic E-state index is 12.2. The van der Waals surface area contributed by atoms with Crippen molar-refractivity contribution in [2.75, 3.05) is 11.9 Å². The fourth-order valence-electron chi connectivity index (χ4n) is 8.97. The van der Waals surface area contributed by atoms with E-state index in [1.54, 1.807) is 0 Å². The molecule has 3 saturated carbocycles. The van der Waals surface area contributed by atoms with Crippen LogP contribution in [-0.2, 0) is 0 Å². The van der Waals surface area contributed by atoms with Gasteiger partial charge in [-0.1, -0.05) is 49.5 Å². The minimum absolute atomic E-state index is 0.110. The van der Waals surface area contributed by atoms with Crippen molar-refractivity contribution in [3.63, 3.8) is 0 Å². The third-order valence-electron chi connectivity index (χ3n) is 11.4. The Bertz CT molecular complexity index is 1130. The maximum Gasteiger partial charge on any atom is 0.131 e. The summed E-state index contributed by atoms with van der Waals surface area (Å²) in [5.74, 6) is 8.85. The number of aliphatic hydroxyl groups is 2. The summed E-state index contributed by atoms with van der Waals surface area (Å²) in [4.78, 5) is 2.33. The standard InChI is InChI=1S/C35H51NO2/c1-23(2)36(8)26-12-9-24(10-13-26)29-22-34(7)30(16-18-35(34,38)20-19-32(3,4)5)28-14-11-25-21-27(37)15-17-33(25,6)31(28)29/h9-10,12-13,21,23,27-31,37-38H,11,14-18,22H2,1-8H3/t27?,28-,29+,30-,31+,33-,34-,35+/m0/s1. The molecule has 2 N–H and O–H groups in total. The van der Waals surface area contributed by atoms with Crippen molar-refractivity contribution in [3.8, 4) is 11.8 Å². The first-order valence-corrected chi connectivity index (χ1v) is 15.2. The van der Waals surface area contributed by atoms with E-state index in [9.17, 15) is 10.2 Å². The van der Waals surface area contributed by atoms with Gasteiger partial charge in [-0.15, -0.1) is 0 Å². The predicted octanol–water partition coefficient (Wildman–Crippen LogP) is 7.33. The van der Waals surface area contributed by atoms with Gasteiger partial charge in [-0.05, 0) is 126 Å². The molecule has 4 aliphatic carbocycles. The van der Waals surface area contributed by atoms with E-state index >= 15 is 0 Å². The fourth-order valence-corrected chi connectivity index (χ4v) is 8.97. The van der Waals surface area contributed by atoms with E-state index in [2.05, 4.69) is 103 Å². The summed E-state index contributed by atoms with van der Waals surface area (Å²) in [6, 6.07) is 9.78. The monoisotopic (exact) mass is 517 g/mol. The first kappa shape index (κ1) is 27.8. The molecule has 0 heterocycles. The smallest absolute Gasteiger partial charge is 0.131 e. The molecule has 38 heavy (non-hydrogen) atoms. The lowest BCUT2D eigenvalue weighted by molar-refractivity contribution is -0.112. The average Bonchev–Trinajstić information content (AvgIpc) is 3.12. The highest BCUT2D eigenvalue weighted by molar-refractivity contribution is 5.49. The van der Waals surface area contributed by atoms with Gasteiger partial charge in [-0.25, -0.2) is 0 Å². The van der Waals surface area contributed by atoms with E-state index < -0.39 is 5.60 Å². The Hall–Kier alpha value is -1.76. The van der Waals surface area contributed by atoms with Gasteiger partial charge in [-0.2, -0.15) is 0 Å². The van der Waals surface area contributed by atoms with Crippen LogP contribution in [0.15, 0.2) is 35.9 Å². The molecule has 0 spiro atoms. The normalized spacial score (nSPS) is 40.4. The van der Waals surface area contributed by atoms with Gasteiger partial charge < -0.3 is 15.1 Å². The highest BCUT2D eigenvalue weighted by atomic mass is 16.3. The number of hydrogen-bond donors (Lipinski definition) is 2. The number of fused-ring (bicyclic) bond motifs is 5. The van der Waals surface area contributed by atoms with Crippen LogP contribution < -0.4 is 4.90 Å². The molecule has 1 aromatic rings. The van der Waals surface area contributed by atoms with E-state index in [0.29, 0.717) is 29.7 Å². The van der Waals surface area contributed by atoms with Gasteiger partial charge in [0.25, 0.3) is 0 Å². The number of aliphatic hydroxyl groups excluding tert-OH is 1. The lowest BCUT2D eigenvalue weighted by Gasteiger charge is -2.62. The molecule has 0 radical (unpaired) electrons. The minimum Gasteiger partial charge on any atom is -0.389 e. The number of allylic oxidation sites excluding steroid dienone is 1. The van der Waals surface area contributed by atoms with Crippen molar-refractivity contribution in [2.45, 2.75) is 117 Å². The van der Waals surface area contributed by atoms with Crippen molar-refractivity contribution < 1.29 is 10.2 Å². The molecule has 0 amide bonds. The topological polar surface area (TPSA) is 43.7 Å². The summed E-state index contributed by atoms with van der Waals surface area (Å²) in [5.41, 5.74) is 2.97. The first-order valence-electron chi connectivity index (χ1n) is 15.2. The van der Waals surface area contributed by atoms with Crippen molar-refractivity contribution in [1.29, 1.82) is 0 Å². The minimum atomic E-state index is -0.939. The van der Waals surface area contributed by atoms with Crippen LogP contribution >= 0.6 is 0 Å². The van der Waals surface area contributed by atoms with Crippen molar-refractivity contribution >= 4 is 5.69 Å². The van der Waals surface area contributed by atoms with Crippen molar-refractivity contribution in [2.24, 2.45) is 34.0 Å². The zero-order chi connectivity index (χ0) is 27.7. The SMILES string of the molecule is CC(C)N(C)c1ccc([C@H]2C[C@@]3(C)[C@@H](CC[C@@]3(O)C#CC(C)(C)C)[C@@H]3CCC4=CC(O)CC[C@]4(C)[C@H]32)cc1. The largest absolute Gasteiger partial charge is 0.389 e. The molecule has 3 nitrogen and oxygen atoms in total. The molecule has 4 aliphatic rings. The van der Waals surface area contributed by atoms with Crippen LogP contribution in [0.3, 0.4) is 0 Å². The molecular weight excluding hydrogens is 466 g/mol. The Morgan fingerprint density at radius 2 is 1.71 bits per heavy atom. The molecule has 3 heteroatoms. The molecule has 0 aliphatic heterocycles. The zero-order valence-electron chi connectivity index (χ0n) is 25.1. The van der Waals surface area contributed by atoms with Crippen LogP contribution in [0.2, 0.25) is 0 Å². The number of anilines is 1. The second kappa shape index (κ2) is 9.42. The summed E-state index contributed by atoms with van der Waals surface area (Å²) in [6.45, 7) is 15.7. The van der Waals surface area contributed by atoms with Crippen LogP contribution in [0.25, 0.3) is 0 Å². The van der Waals surface area contributed by atoms with Gasteiger partial charge >= 0.3 is 0 Å². The summed E-state index contributed by atoms with van der Waals surface area (Å²) >= 11 is 0. The molecule has 0 aromatic heterocycles. The van der Waals surface area contributed by atoms with E-state index in [1.165, 1.54) is 16.8 Å². The third kappa shape index (κ3) is 4.45. The van der Waals surface area contributed by atoms with Crippen molar-refractivity contribution in [1.82, 2.24) is 0 Å². The fraction of sp³-hybridized carbons (Fsp3) is 0.714. The van der Waals surface area contributed by atoms with Crippen LogP contribution in [0, 0.1) is 45.8 Å². The molecule has 5 rings (SSSR count). The molecule has 208 valence electrons. The van der Waals surface area contributed by atoms with Crippen LogP contribution in [-0.4, -0.2) is 35.0 Å². The molecule has 1 unspecified atom stereocenters. The molecule has 3 fully saturated rings. The Morgan fingerprint density at radius 1 is 1.03 bits per heavy atom. The van der Waals surface area contributed by atoms with Gasteiger partial charge in [0.2, 0.25) is 0 Å². The Balaban J connectivity index is 1.61. The average molecular weight is 518 g/mol. The van der Waals surface area contributed by atoms with Crippen LogP contribution in [0.4, 0.5) is 5.69 Å². The van der Waals surface area contributed by atoms with Crippen LogP contribution in [0.1, 0.15) is 105 Å². The predicted molar refractivity (Wildman–Crippen MR) is 158 cm³/mol. The maximum atomic E-state index is 12.2.